The molecule has 1 aromatic rings. The lowest BCUT2D eigenvalue weighted by Gasteiger charge is -2.09. The van der Waals surface area contributed by atoms with Crippen molar-refractivity contribution in [3.05, 3.63) is 35.9 Å². The first-order valence-corrected chi connectivity index (χ1v) is 5.03. The monoisotopic (exact) mass is 218 g/mol. The second-order valence-electron chi connectivity index (χ2n) is 3.69. The molecule has 3 nitrogen and oxygen atoms in total. The fourth-order valence-electron chi connectivity index (χ4n) is 1.16. The Morgan fingerprint density at radius 3 is 2.44 bits per heavy atom. The molecule has 0 amide bonds. The molecule has 85 valence electrons. The van der Waals surface area contributed by atoms with Crippen LogP contribution in [0.1, 0.15) is 5.56 Å². The predicted octanol–water partition coefficient (Wildman–Crippen LogP) is 0.953. The lowest BCUT2D eigenvalue weighted by molar-refractivity contribution is -0.143. The highest BCUT2D eigenvalue weighted by Crippen LogP contribution is 2.00. The maximum atomic E-state index is 11.4. The maximum Gasteiger partial charge on any atom is 0.310 e. The molecule has 0 spiro atoms. The molecule has 0 aliphatic carbocycles. The number of esters is 1. The van der Waals surface area contributed by atoms with Crippen LogP contribution in [0.4, 0.5) is 0 Å². The first kappa shape index (κ1) is 14.7. The third-order valence-electron chi connectivity index (χ3n) is 1.99. The van der Waals surface area contributed by atoms with E-state index in [2.05, 4.69) is 0 Å². The van der Waals surface area contributed by atoms with Crippen molar-refractivity contribution in [3.63, 3.8) is 0 Å². The molecule has 0 saturated carbocycles. The van der Waals surface area contributed by atoms with Crippen LogP contribution in [0, 0.1) is 0 Å². The Bertz CT molecular complexity index is 301. The minimum absolute atomic E-state index is 0. The SMILES string of the molecule is CN(C)CCOC(=O)Cc1ccccc1.[B]. The maximum absolute atomic E-state index is 11.4. The third-order valence-corrected chi connectivity index (χ3v) is 1.99. The van der Waals surface area contributed by atoms with Crippen molar-refractivity contribution in [3.8, 4) is 0 Å². The Morgan fingerprint density at radius 1 is 1.25 bits per heavy atom. The molecule has 0 heterocycles. The van der Waals surface area contributed by atoms with Crippen molar-refractivity contribution < 1.29 is 9.53 Å². The van der Waals surface area contributed by atoms with Gasteiger partial charge in [0.15, 0.2) is 0 Å². The average Bonchev–Trinajstić information content (AvgIpc) is 2.18. The lowest BCUT2D eigenvalue weighted by atomic mass is 10.2. The van der Waals surface area contributed by atoms with E-state index in [0.717, 1.165) is 12.1 Å². The molecule has 1 aromatic carbocycles. The minimum Gasteiger partial charge on any atom is -0.464 e. The number of ether oxygens (including phenoxy) is 1. The Balaban J connectivity index is 0.00000225. The highest BCUT2D eigenvalue weighted by molar-refractivity contribution is 5.75. The van der Waals surface area contributed by atoms with Gasteiger partial charge in [0.2, 0.25) is 0 Å². The van der Waals surface area contributed by atoms with Gasteiger partial charge in [0.05, 0.1) is 6.42 Å². The van der Waals surface area contributed by atoms with Gasteiger partial charge in [-0.3, -0.25) is 4.79 Å². The van der Waals surface area contributed by atoms with Gasteiger partial charge in [0, 0.05) is 15.0 Å². The second kappa shape index (κ2) is 7.94. The second-order valence-corrected chi connectivity index (χ2v) is 3.69. The number of carbonyl (C=O) groups excluding carboxylic acids is 1. The van der Waals surface area contributed by atoms with Gasteiger partial charge in [0.25, 0.3) is 0 Å². The molecule has 0 bridgehead atoms. The van der Waals surface area contributed by atoms with Crippen LogP contribution in [-0.4, -0.2) is 46.5 Å². The lowest BCUT2D eigenvalue weighted by Crippen LogP contribution is -2.20. The van der Waals surface area contributed by atoms with Gasteiger partial charge in [-0.05, 0) is 19.7 Å². The van der Waals surface area contributed by atoms with E-state index < -0.39 is 0 Å². The van der Waals surface area contributed by atoms with Crippen LogP contribution in [0.5, 0.6) is 0 Å². The zero-order valence-corrected chi connectivity index (χ0v) is 9.85. The van der Waals surface area contributed by atoms with Crippen molar-refractivity contribution in [1.29, 1.82) is 0 Å². The van der Waals surface area contributed by atoms with Crippen LogP contribution in [0.15, 0.2) is 30.3 Å². The molecule has 0 atom stereocenters. The molecule has 16 heavy (non-hydrogen) atoms. The van der Waals surface area contributed by atoms with Crippen LogP contribution in [0.2, 0.25) is 0 Å². The number of carbonyl (C=O) groups is 1. The van der Waals surface area contributed by atoms with Crippen LogP contribution in [-0.2, 0) is 16.0 Å². The molecular weight excluding hydrogens is 201 g/mol. The number of hydrogen-bond acceptors (Lipinski definition) is 3. The van der Waals surface area contributed by atoms with Crippen LogP contribution in [0.3, 0.4) is 0 Å². The summed E-state index contributed by atoms with van der Waals surface area (Å²) in [7, 11) is 3.90. The van der Waals surface area contributed by atoms with E-state index in [1.807, 2.05) is 49.3 Å². The summed E-state index contributed by atoms with van der Waals surface area (Å²) in [5.41, 5.74) is 0.993. The van der Waals surface area contributed by atoms with E-state index in [1.165, 1.54) is 0 Å². The number of likely N-dealkylation sites (N-methyl/N-ethyl adjacent to an activating group) is 1. The Morgan fingerprint density at radius 2 is 1.88 bits per heavy atom. The summed E-state index contributed by atoms with van der Waals surface area (Å²) in [4.78, 5) is 13.3. The van der Waals surface area contributed by atoms with Gasteiger partial charge in [-0.2, -0.15) is 0 Å². The summed E-state index contributed by atoms with van der Waals surface area (Å²) in [6.07, 6.45) is 0.355. The van der Waals surface area contributed by atoms with E-state index in [9.17, 15) is 4.79 Å². The third kappa shape index (κ3) is 6.25. The number of nitrogens with zero attached hydrogens (tertiary/aromatic N) is 1. The smallest absolute Gasteiger partial charge is 0.310 e. The van der Waals surface area contributed by atoms with Crippen LogP contribution in [0.25, 0.3) is 0 Å². The van der Waals surface area contributed by atoms with Crippen molar-refractivity contribution in [2.75, 3.05) is 27.2 Å². The highest BCUT2D eigenvalue weighted by atomic mass is 16.5. The van der Waals surface area contributed by atoms with E-state index in [-0.39, 0.29) is 14.4 Å². The van der Waals surface area contributed by atoms with Gasteiger partial charge in [-0.1, -0.05) is 30.3 Å². The average molecular weight is 218 g/mol. The minimum atomic E-state index is -0.164. The zero-order chi connectivity index (χ0) is 11.1. The van der Waals surface area contributed by atoms with E-state index >= 15 is 0 Å². The number of benzene rings is 1. The zero-order valence-electron chi connectivity index (χ0n) is 9.85. The number of hydrogen-bond donors (Lipinski definition) is 0. The summed E-state index contributed by atoms with van der Waals surface area (Å²) in [5, 5.41) is 0. The van der Waals surface area contributed by atoms with E-state index in [4.69, 9.17) is 4.74 Å². The predicted molar refractivity (Wildman–Crippen MR) is 65.4 cm³/mol. The normalized spacial score (nSPS) is 9.69. The number of rotatable bonds is 5. The van der Waals surface area contributed by atoms with Crippen molar-refractivity contribution in [2.24, 2.45) is 0 Å². The highest BCUT2D eigenvalue weighted by Gasteiger charge is 2.03. The van der Waals surface area contributed by atoms with Gasteiger partial charge < -0.3 is 9.64 Å². The molecule has 0 aliphatic heterocycles. The van der Waals surface area contributed by atoms with Gasteiger partial charge in [0.1, 0.15) is 6.61 Å². The first-order chi connectivity index (χ1) is 7.18. The standard InChI is InChI=1S/C12H17NO2.B/c1-13(2)8-9-15-12(14)10-11-6-4-3-5-7-11;/h3-7H,8-10H2,1-2H3;. The molecule has 0 fully saturated rings. The summed E-state index contributed by atoms with van der Waals surface area (Å²) < 4.78 is 5.08. The fraction of sp³-hybridized carbons (Fsp3) is 0.417. The largest absolute Gasteiger partial charge is 0.464 e. The molecule has 0 saturated heterocycles. The van der Waals surface area contributed by atoms with Gasteiger partial charge in [-0.15, -0.1) is 0 Å². The molecule has 4 heteroatoms. The summed E-state index contributed by atoms with van der Waals surface area (Å²) in [6.45, 7) is 1.22. The molecule has 0 aliphatic rings. The summed E-state index contributed by atoms with van der Waals surface area (Å²) in [6, 6.07) is 9.62. The molecule has 1 rings (SSSR count). The van der Waals surface area contributed by atoms with E-state index in [0.29, 0.717) is 13.0 Å². The van der Waals surface area contributed by atoms with Crippen molar-refractivity contribution in [1.82, 2.24) is 4.90 Å². The Labute approximate surface area is 99.0 Å². The molecule has 0 unspecified atom stereocenters. The van der Waals surface area contributed by atoms with Gasteiger partial charge in [-0.25, -0.2) is 0 Å². The van der Waals surface area contributed by atoms with E-state index in [1.54, 1.807) is 0 Å². The van der Waals surface area contributed by atoms with Crippen molar-refractivity contribution >= 4 is 14.4 Å². The van der Waals surface area contributed by atoms with Crippen LogP contribution >= 0.6 is 0 Å². The fourth-order valence-corrected chi connectivity index (χ4v) is 1.16. The van der Waals surface area contributed by atoms with Gasteiger partial charge >= 0.3 is 5.97 Å². The molecule has 0 N–H and O–H groups in total. The molecular formula is C12H17BNO2. The Kier molecular flexibility index (Phi) is 7.30. The van der Waals surface area contributed by atoms with Crippen molar-refractivity contribution in [2.45, 2.75) is 6.42 Å². The van der Waals surface area contributed by atoms with Crippen LogP contribution < -0.4 is 0 Å². The quantitative estimate of drug-likeness (QED) is 0.544. The summed E-state index contributed by atoms with van der Waals surface area (Å²) >= 11 is 0. The molecule has 0 aromatic heterocycles. The summed E-state index contributed by atoms with van der Waals surface area (Å²) in [5.74, 6) is -0.164. The Hall–Kier alpha value is -1.29. The molecule has 3 radical (unpaired) electrons. The first-order valence-electron chi connectivity index (χ1n) is 5.03. The topological polar surface area (TPSA) is 29.5 Å².